The van der Waals surface area contributed by atoms with Gasteiger partial charge in [-0.05, 0) is 31.7 Å². The normalized spacial score (nSPS) is 12.8. The van der Waals surface area contributed by atoms with Gasteiger partial charge in [-0.1, -0.05) is 26.0 Å². The predicted molar refractivity (Wildman–Crippen MR) is 68.6 cm³/mol. The summed E-state index contributed by atoms with van der Waals surface area (Å²) in [5, 5.41) is 0. The van der Waals surface area contributed by atoms with Gasteiger partial charge in [0.2, 0.25) is 0 Å². The molecule has 3 heteroatoms. The van der Waals surface area contributed by atoms with Gasteiger partial charge in [-0.3, -0.25) is 0 Å². The van der Waals surface area contributed by atoms with E-state index < -0.39 is 0 Å². The molecule has 2 N–H and O–H groups in total. The molecule has 96 valence electrons. The third-order valence-electron chi connectivity index (χ3n) is 2.66. The van der Waals surface area contributed by atoms with Gasteiger partial charge in [0.15, 0.2) is 11.6 Å². The largest absolute Gasteiger partial charge is 0.490 e. The molecule has 0 bridgehead atoms. The minimum atomic E-state index is -0.329. The van der Waals surface area contributed by atoms with E-state index in [1.165, 1.54) is 6.07 Å². The summed E-state index contributed by atoms with van der Waals surface area (Å²) in [6, 6.07) is 4.66. The van der Waals surface area contributed by atoms with Crippen LogP contribution in [0.1, 0.15) is 45.2 Å². The van der Waals surface area contributed by atoms with Crippen LogP contribution >= 0.6 is 0 Å². The lowest BCUT2D eigenvalue weighted by Gasteiger charge is -2.15. The molecule has 0 spiro atoms. The van der Waals surface area contributed by atoms with Crippen molar-refractivity contribution in [2.75, 3.05) is 6.61 Å². The molecule has 0 aromatic heterocycles. The first-order valence-corrected chi connectivity index (χ1v) is 6.19. The van der Waals surface area contributed by atoms with Crippen molar-refractivity contribution in [2.45, 2.75) is 39.7 Å². The fourth-order valence-corrected chi connectivity index (χ4v) is 1.70. The average molecular weight is 239 g/mol. The molecule has 0 radical (unpaired) electrons. The van der Waals surface area contributed by atoms with Crippen molar-refractivity contribution in [3.8, 4) is 5.75 Å². The summed E-state index contributed by atoms with van der Waals surface area (Å²) in [6.07, 6.45) is 2.02. The summed E-state index contributed by atoms with van der Waals surface area (Å²) in [7, 11) is 0. The Balaban J connectivity index is 2.63. The lowest BCUT2D eigenvalue weighted by Crippen LogP contribution is -2.10. The van der Waals surface area contributed by atoms with Gasteiger partial charge in [-0.15, -0.1) is 0 Å². The zero-order valence-corrected chi connectivity index (χ0v) is 10.9. The molecule has 1 rings (SSSR count). The number of para-hydroxylation sites is 1. The van der Waals surface area contributed by atoms with Gasteiger partial charge < -0.3 is 10.5 Å². The van der Waals surface area contributed by atoms with Crippen molar-refractivity contribution in [1.29, 1.82) is 0 Å². The smallest absolute Gasteiger partial charge is 0.165 e. The Kier molecular flexibility index (Phi) is 5.42. The summed E-state index contributed by atoms with van der Waals surface area (Å²) >= 11 is 0. The molecule has 17 heavy (non-hydrogen) atoms. The maximum Gasteiger partial charge on any atom is 0.165 e. The SMILES string of the molecule is CC(C)CCCOc1c(F)cccc1[C@H](C)N. The lowest BCUT2D eigenvalue weighted by atomic mass is 10.1. The summed E-state index contributed by atoms with van der Waals surface area (Å²) in [6.45, 7) is 6.70. The van der Waals surface area contributed by atoms with E-state index in [4.69, 9.17) is 10.5 Å². The fraction of sp³-hybridized carbons (Fsp3) is 0.571. The van der Waals surface area contributed by atoms with Crippen molar-refractivity contribution < 1.29 is 9.13 Å². The number of ether oxygens (including phenoxy) is 1. The molecule has 0 saturated heterocycles. The van der Waals surface area contributed by atoms with E-state index in [2.05, 4.69) is 13.8 Å². The summed E-state index contributed by atoms with van der Waals surface area (Å²) in [5.74, 6) is 0.628. The highest BCUT2D eigenvalue weighted by Gasteiger charge is 2.12. The Morgan fingerprint density at radius 1 is 1.29 bits per heavy atom. The number of benzene rings is 1. The summed E-state index contributed by atoms with van der Waals surface area (Å²) in [4.78, 5) is 0. The van der Waals surface area contributed by atoms with Gasteiger partial charge >= 0.3 is 0 Å². The molecule has 0 unspecified atom stereocenters. The summed E-state index contributed by atoms with van der Waals surface area (Å²) < 4.78 is 19.1. The maximum atomic E-state index is 13.6. The van der Waals surface area contributed by atoms with Crippen LogP contribution < -0.4 is 10.5 Å². The number of halogens is 1. The molecule has 0 aliphatic carbocycles. The Labute approximate surface area is 103 Å². The number of rotatable bonds is 6. The van der Waals surface area contributed by atoms with Crippen LogP contribution in [0.5, 0.6) is 5.75 Å². The molecule has 0 fully saturated rings. The van der Waals surface area contributed by atoms with Crippen molar-refractivity contribution >= 4 is 0 Å². The van der Waals surface area contributed by atoms with Gasteiger partial charge in [0.25, 0.3) is 0 Å². The molecule has 0 amide bonds. The monoisotopic (exact) mass is 239 g/mol. The molecule has 0 aliphatic heterocycles. The van der Waals surface area contributed by atoms with Crippen molar-refractivity contribution in [2.24, 2.45) is 11.7 Å². The minimum absolute atomic E-state index is 0.217. The van der Waals surface area contributed by atoms with Gasteiger partial charge in [0.05, 0.1) is 6.61 Å². The fourth-order valence-electron chi connectivity index (χ4n) is 1.70. The maximum absolute atomic E-state index is 13.6. The van der Waals surface area contributed by atoms with Crippen LogP contribution in [0, 0.1) is 11.7 Å². The first kappa shape index (κ1) is 14.0. The van der Waals surface area contributed by atoms with E-state index in [9.17, 15) is 4.39 Å². The molecule has 0 heterocycles. The van der Waals surface area contributed by atoms with Gasteiger partial charge in [0, 0.05) is 11.6 Å². The Morgan fingerprint density at radius 3 is 2.59 bits per heavy atom. The highest BCUT2D eigenvalue weighted by Crippen LogP contribution is 2.27. The van der Waals surface area contributed by atoms with Crippen molar-refractivity contribution in [3.63, 3.8) is 0 Å². The highest BCUT2D eigenvalue weighted by molar-refractivity contribution is 5.36. The topological polar surface area (TPSA) is 35.2 Å². The van der Waals surface area contributed by atoms with Crippen molar-refractivity contribution in [3.05, 3.63) is 29.6 Å². The van der Waals surface area contributed by atoms with E-state index in [0.29, 0.717) is 18.3 Å². The Morgan fingerprint density at radius 2 is 2.00 bits per heavy atom. The second kappa shape index (κ2) is 6.60. The van der Waals surface area contributed by atoms with Gasteiger partial charge in [-0.2, -0.15) is 0 Å². The molecule has 1 aromatic carbocycles. The highest BCUT2D eigenvalue weighted by atomic mass is 19.1. The van der Waals surface area contributed by atoms with E-state index >= 15 is 0 Å². The number of nitrogens with two attached hydrogens (primary N) is 1. The van der Waals surface area contributed by atoms with Crippen LogP contribution in [0.15, 0.2) is 18.2 Å². The molecule has 1 aromatic rings. The zero-order chi connectivity index (χ0) is 12.8. The van der Waals surface area contributed by atoms with Crippen LogP contribution in [0.2, 0.25) is 0 Å². The number of hydrogen-bond donors (Lipinski definition) is 1. The predicted octanol–water partition coefficient (Wildman–Crippen LogP) is 3.66. The van der Waals surface area contributed by atoms with Crippen LogP contribution in [0.4, 0.5) is 4.39 Å². The Bertz CT molecular complexity index is 350. The van der Waals surface area contributed by atoms with Crippen LogP contribution in [0.3, 0.4) is 0 Å². The molecular weight excluding hydrogens is 217 g/mol. The third-order valence-corrected chi connectivity index (χ3v) is 2.66. The van der Waals surface area contributed by atoms with Crippen LogP contribution in [-0.2, 0) is 0 Å². The van der Waals surface area contributed by atoms with Gasteiger partial charge in [0.1, 0.15) is 0 Å². The van der Waals surface area contributed by atoms with E-state index in [0.717, 1.165) is 18.4 Å². The average Bonchev–Trinajstić information content (AvgIpc) is 2.25. The lowest BCUT2D eigenvalue weighted by molar-refractivity contribution is 0.280. The van der Waals surface area contributed by atoms with Crippen LogP contribution in [0.25, 0.3) is 0 Å². The molecular formula is C14H22FNO. The standard InChI is InChI=1S/C14H22FNO/c1-10(2)6-5-9-17-14-12(11(3)16)7-4-8-13(14)15/h4,7-8,10-11H,5-6,9,16H2,1-3H3/t11-/m0/s1. The first-order valence-electron chi connectivity index (χ1n) is 6.19. The first-order chi connectivity index (χ1) is 8.02. The van der Waals surface area contributed by atoms with E-state index in [-0.39, 0.29) is 11.9 Å². The second-order valence-electron chi connectivity index (χ2n) is 4.83. The number of hydrogen-bond acceptors (Lipinski definition) is 2. The molecule has 1 atom stereocenters. The van der Waals surface area contributed by atoms with E-state index in [1.54, 1.807) is 6.07 Å². The quantitative estimate of drug-likeness (QED) is 0.769. The van der Waals surface area contributed by atoms with Crippen LogP contribution in [-0.4, -0.2) is 6.61 Å². The second-order valence-corrected chi connectivity index (χ2v) is 4.83. The molecule has 0 saturated carbocycles. The zero-order valence-electron chi connectivity index (χ0n) is 10.9. The van der Waals surface area contributed by atoms with E-state index in [1.807, 2.05) is 13.0 Å². The Hall–Kier alpha value is -1.09. The minimum Gasteiger partial charge on any atom is -0.490 e. The van der Waals surface area contributed by atoms with Crippen molar-refractivity contribution in [1.82, 2.24) is 0 Å². The molecule has 2 nitrogen and oxygen atoms in total. The molecule has 0 aliphatic rings. The summed E-state index contributed by atoms with van der Waals surface area (Å²) in [5.41, 5.74) is 6.52. The third kappa shape index (κ3) is 4.35. The van der Waals surface area contributed by atoms with Gasteiger partial charge in [-0.25, -0.2) is 4.39 Å².